The average molecular weight is 275 g/mol. The van der Waals surface area contributed by atoms with Crippen LogP contribution in [0.25, 0.3) is 0 Å². The molecule has 3 heteroatoms. The Morgan fingerprint density at radius 2 is 2.05 bits per heavy atom. The number of ether oxygens (including phenoxy) is 2. The minimum Gasteiger partial charge on any atom is -0.491 e. The molecule has 0 aromatic heterocycles. The quantitative estimate of drug-likeness (QED) is 0.496. The van der Waals surface area contributed by atoms with E-state index < -0.39 is 0 Å². The fourth-order valence-electron chi connectivity index (χ4n) is 1.97. The summed E-state index contributed by atoms with van der Waals surface area (Å²) in [6.45, 7) is 6.61. The first-order valence-corrected chi connectivity index (χ1v) is 7.53. The zero-order valence-electron chi connectivity index (χ0n) is 12.1. The van der Waals surface area contributed by atoms with Crippen LogP contribution >= 0.6 is 0 Å². The van der Waals surface area contributed by atoms with Gasteiger partial charge < -0.3 is 14.8 Å². The average Bonchev–Trinajstić information content (AvgIpc) is 3.29. The van der Waals surface area contributed by atoms with Gasteiger partial charge in [-0.3, -0.25) is 0 Å². The highest BCUT2D eigenvalue weighted by Gasteiger charge is 2.20. The maximum absolute atomic E-state index is 5.81. The molecule has 20 heavy (non-hydrogen) atoms. The molecule has 0 heterocycles. The highest BCUT2D eigenvalue weighted by molar-refractivity contribution is 5.33. The standard InChI is InChI=1S/C17H25NO2/c1-2-3-6-11-19-12-13-20-17-8-5-4-7-15(17)14-18-16-9-10-16/h2,4-5,7-8,16,18H,1,3,6,9-14H2. The van der Waals surface area contributed by atoms with Gasteiger partial charge in [0.05, 0.1) is 6.61 Å². The van der Waals surface area contributed by atoms with Crippen molar-refractivity contribution in [1.82, 2.24) is 5.32 Å². The maximum Gasteiger partial charge on any atom is 0.123 e. The number of allylic oxidation sites excluding steroid dienone is 1. The van der Waals surface area contributed by atoms with E-state index in [4.69, 9.17) is 9.47 Å². The van der Waals surface area contributed by atoms with Crippen LogP contribution in [-0.4, -0.2) is 25.9 Å². The molecule has 0 radical (unpaired) electrons. The van der Waals surface area contributed by atoms with Gasteiger partial charge in [0.1, 0.15) is 12.4 Å². The second-order valence-electron chi connectivity index (χ2n) is 5.15. The first kappa shape index (κ1) is 15.1. The Hall–Kier alpha value is -1.32. The number of para-hydroxylation sites is 1. The van der Waals surface area contributed by atoms with Gasteiger partial charge in [0, 0.05) is 24.8 Å². The van der Waals surface area contributed by atoms with Crippen molar-refractivity contribution < 1.29 is 9.47 Å². The Kier molecular flexibility index (Phi) is 6.61. The Bertz CT molecular complexity index is 402. The molecular weight excluding hydrogens is 250 g/mol. The number of hydrogen-bond donors (Lipinski definition) is 1. The Labute approximate surface area is 122 Å². The number of benzene rings is 1. The molecule has 1 saturated carbocycles. The van der Waals surface area contributed by atoms with E-state index >= 15 is 0 Å². The van der Waals surface area contributed by atoms with Crippen LogP contribution in [0.3, 0.4) is 0 Å². The highest BCUT2D eigenvalue weighted by atomic mass is 16.5. The lowest BCUT2D eigenvalue weighted by Crippen LogP contribution is -2.16. The van der Waals surface area contributed by atoms with Crippen LogP contribution in [-0.2, 0) is 11.3 Å². The Morgan fingerprint density at radius 3 is 2.85 bits per heavy atom. The molecule has 0 aliphatic heterocycles. The molecule has 1 aromatic rings. The van der Waals surface area contributed by atoms with Gasteiger partial charge in [0.25, 0.3) is 0 Å². The van der Waals surface area contributed by atoms with Gasteiger partial charge in [0.2, 0.25) is 0 Å². The van der Waals surface area contributed by atoms with E-state index in [1.165, 1.54) is 18.4 Å². The van der Waals surface area contributed by atoms with Gasteiger partial charge in [-0.05, 0) is 31.7 Å². The SMILES string of the molecule is C=CCCCOCCOc1ccccc1CNC1CC1. The van der Waals surface area contributed by atoms with Gasteiger partial charge in [-0.25, -0.2) is 0 Å². The number of rotatable bonds is 11. The van der Waals surface area contributed by atoms with E-state index in [1.807, 2.05) is 18.2 Å². The van der Waals surface area contributed by atoms with Crippen molar-refractivity contribution in [2.24, 2.45) is 0 Å². The smallest absolute Gasteiger partial charge is 0.123 e. The molecule has 1 fully saturated rings. The van der Waals surface area contributed by atoms with Crippen molar-refractivity contribution >= 4 is 0 Å². The molecule has 0 atom stereocenters. The topological polar surface area (TPSA) is 30.5 Å². The van der Waals surface area contributed by atoms with Crippen molar-refractivity contribution in [3.05, 3.63) is 42.5 Å². The normalized spacial score (nSPS) is 14.2. The van der Waals surface area contributed by atoms with E-state index in [0.717, 1.165) is 37.8 Å². The second kappa shape index (κ2) is 8.77. The van der Waals surface area contributed by atoms with Gasteiger partial charge >= 0.3 is 0 Å². The predicted octanol–water partition coefficient (Wildman–Crippen LogP) is 3.30. The molecule has 3 nitrogen and oxygen atoms in total. The fourth-order valence-corrected chi connectivity index (χ4v) is 1.97. The summed E-state index contributed by atoms with van der Waals surface area (Å²) in [6.07, 6.45) is 6.58. The van der Waals surface area contributed by atoms with Gasteiger partial charge in [-0.2, -0.15) is 0 Å². The van der Waals surface area contributed by atoms with Crippen LogP contribution in [0, 0.1) is 0 Å². The molecule has 0 spiro atoms. The number of hydrogen-bond acceptors (Lipinski definition) is 3. The lowest BCUT2D eigenvalue weighted by atomic mass is 10.2. The van der Waals surface area contributed by atoms with Crippen LogP contribution in [0.4, 0.5) is 0 Å². The van der Waals surface area contributed by atoms with Crippen LogP contribution < -0.4 is 10.1 Å². The van der Waals surface area contributed by atoms with Crippen molar-refractivity contribution in [3.8, 4) is 5.75 Å². The summed E-state index contributed by atoms with van der Waals surface area (Å²) in [5.41, 5.74) is 1.23. The first-order chi connectivity index (χ1) is 9.90. The van der Waals surface area contributed by atoms with Crippen LogP contribution in [0.15, 0.2) is 36.9 Å². The third-order valence-corrected chi connectivity index (χ3v) is 3.31. The summed E-state index contributed by atoms with van der Waals surface area (Å²) < 4.78 is 11.3. The molecule has 1 N–H and O–H groups in total. The van der Waals surface area contributed by atoms with Crippen LogP contribution in [0.5, 0.6) is 5.75 Å². The second-order valence-corrected chi connectivity index (χ2v) is 5.15. The van der Waals surface area contributed by atoms with E-state index in [2.05, 4.69) is 24.0 Å². The van der Waals surface area contributed by atoms with E-state index in [0.29, 0.717) is 13.2 Å². The molecule has 1 aliphatic rings. The van der Waals surface area contributed by atoms with Gasteiger partial charge in [-0.1, -0.05) is 24.3 Å². The zero-order valence-corrected chi connectivity index (χ0v) is 12.1. The molecule has 110 valence electrons. The summed E-state index contributed by atoms with van der Waals surface area (Å²) in [5, 5.41) is 3.52. The monoisotopic (exact) mass is 275 g/mol. The predicted molar refractivity (Wildman–Crippen MR) is 82.0 cm³/mol. The van der Waals surface area contributed by atoms with E-state index in [9.17, 15) is 0 Å². The molecule has 2 rings (SSSR count). The summed E-state index contributed by atoms with van der Waals surface area (Å²) in [7, 11) is 0. The zero-order chi connectivity index (χ0) is 14.0. The summed E-state index contributed by atoms with van der Waals surface area (Å²) in [5.74, 6) is 0.968. The molecule has 1 aromatic carbocycles. The molecule has 0 bridgehead atoms. The maximum atomic E-state index is 5.81. The van der Waals surface area contributed by atoms with Crippen molar-refractivity contribution in [3.63, 3.8) is 0 Å². The van der Waals surface area contributed by atoms with Crippen LogP contribution in [0.2, 0.25) is 0 Å². The third-order valence-electron chi connectivity index (χ3n) is 3.31. The van der Waals surface area contributed by atoms with Gasteiger partial charge in [0.15, 0.2) is 0 Å². The summed E-state index contributed by atoms with van der Waals surface area (Å²) in [6, 6.07) is 8.94. The molecular formula is C17H25NO2. The molecule has 0 saturated heterocycles. The first-order valence-electron chi connectivity index (χ1n) is 7.53. The minimum atomic E-state index is 0.606. The number of unbranched alkanes of at least 4 members (excludes halogenated alkanes) is 1. The van der Waals surface area contributed by atoms with Crippen molar-refractivity contribution in [1.29, 1.82) is 0 Å². The van der Waals surface area contributed by atoms with Crippen molar-refractivity contribution in [2.45, 2.75) is 38.3 Å². The Morgan fingerprint density at radius 1 is 1.20 bits per heavy atom. The van der Waals surface area contributed by atoms with E-state index in [-0.39, 0.29) is 0 Å². The summed E-state index contributed by atoms with van der Waals surface area (Å²) >= 11 is 0. The highest BCUT2D eigenvalue weighted by Crippen LogP contribution is 2.22. The third kappa shape index (κ3) is 5.76. The fraction of sp³-hybridized carbons (Fsp3) is 0.529. The lowest BCUT2D eigenvalue weighted by Gasteiger charge is -2.12. The summed E-state index contributed by atoms with van der Waals surface area (Å²) in [4.78, 5) is 0. The largest absolute Gasteiger partial charge is 0.491 e. The molecule has 1 aliphatic carbocycles. The Balaban J connectivity index is 1.64. The van der Waals surface area contributed by atoms with Crippen molar-refractivity contribution in [2.75, 3.05) is 19.8 Å². The van der Waals surface area contributed by atoms with Crippen LogP contribution in [0.1, 0.15) is 31.2 Å². The molecule has 0 amide bonds. The minimum absolute atomic E-state index is 0.606. The molecule has 0 unspecified atom stereocenters. The lowest BCUT2D eigenvalue weighted by molar-refractivity contribution is 0.0985. The number of nitrogens with one attached hydrogen (secondary N) is 1. The van der Waals surface area contributed by atoms with E-state index in [1.54, 1.807) is 0 Å². The van der Waals surface area contributed by atoms with Gasteiger partial charge in [-0.15, -0.1) is 6.58 Å².